The zero-order valence-electron chi connectivity index (χ0n) is 19.1. The normalized spacial score (nSPS) is 15.2. The molecule has 0 radical (unpaired) electrons. The molecule has 4 heterocycles. The Labute approximate surface area is 201 Å². The van der Waals surface area contributed by atoms with Gasteiger partial charge in [-0.3, -0.25) is 14.3 Å². The number of benzene rings is 1. The van der Waals surface area contributed by atoms with E-state index < -0.39 is 5.54 Å². The number of carbonyl (C=O) groups is 2. The van der Waals surface area contributed by atoms with Gasteiger partial charge in [-0.15, -0.1) is 0 Å². The van der Waals surface area contributed by atoms with Crippen molar-refractivity contribution in [2.24, 2.45) is 0 Å². The first-order valence-electron chi connectivity index (χ1n) is 11.7. The van der Waals surface area contributed by atoms with Crippen molar-refractivity contribution >= 4 is 22.7 Å². The van der Waals surface area contributed by atoms with Crippen LogP contribution in [0, 0.1) is 5.82 Å². The Morgan fingerprint density at radius 2 is 2.06 bits per heavy atom. The van der Waals surface area contributed by atoms with Crippen molar-refractivity contribution in [3.05, 3.63) is 66.4 Å². The number of aromatic amines is 1. The molecular formula is C25H27FN6O3. The average molecular weight is 479 g/mol. The van der Waals surface area contributed by atoms with Crippen LogP contribution in [-0.4, -0.2) is 51.8 Å². The van der Waals surface area contributed by atoms with Crippen LogP contribution < -0.4 is 16.0 Å². The van der Waals surface area contributed by atoms with E-state index in [4.69, 9.17) is 4.42 Å². The SMILES string of the molecule is O=C(Cn1ccc(-c2ccco2)n1)NC1(C(=O)NCCc2c[nH]c3ccc(F)cc23)CCNCC1. The number of piperidine rings is 1. The fourth-order valence-corrected chi connectivity index (χ4v) is 4.56. The van der Waals surface area contributed by atoms with E-state index in [1.165, 1.54) is 16.8 Å². The fourth-order valence-electron chi connectivity index (χ4n) is 4.56. The minimum absolute atomic E-state index is 0.00985. The number of hydrogen-bond acceptors (Lipinski definition) is 5. The molecule has 35 heavy (non-hydrogen) atoms. The monoisotopic (exact) mass is 478 g/mol. The Morgan fingerprint density at radius 1 is 1.20 bits per heavy atom. The summed E-state index contributed by atoms with van der Waals surface area (Å²) >= 11 is 0. The lowest BCUT2D eigenvalue weighted by atomic mass is 9.87. The van der Waals surface area contributed by atoms with Gasteiger partial charge in [0.15, 0.2) is 5.76 Å². The molecule has 1 fully saturated rings. The van der Waals surface area contributed by atoms with Crippen LogP contribution in [0.1, 0.15) is 18.4 Å². The summed E-state index contributed by atoms with van der Waals surface area (Å²) in [7, 11) is 0. The topological polar surface area (TPSA) is 117 Å². The lowest BCUT2D eigenvalue weighted by molar-refractivity contribution is -0.135. The van der Waals surface area contributed by atoms with Crippen LogP contribution in [0.25, 0.3) is 22.4 Å². The van der Waals surface area contributed by atoms with Gasteiger partial charge in [0.1, 0.15) is 23.6 Å². The number of halogens is 1. The van der Waals surface area contributed by atoms with E-state index in [0.29, 0.717) is 50.4 Å². The molecule has 9 nitrogen and oxygen atoms in total. The van der Waals surface area contributed by atoms with Crippen LogP contribution in [0.5, 0.6) is 0 Å². The first kappa shape index (κ1) is 22.9. The maximum atomic E-state index is 13.6. The minimum Gasteiger partial charge on any atom is -0.463 e. The Hall–Kier alpha value is -3.92. The van der Waals surface area contributed by atoms with Crippen molar-refractivity contribution < 1.29 is 18.4 Å². The van der Waals surface area contributed by atoms with Gasteiger partial charge < -0.3 is 25.4 Å². The molecule has 182 valence electrons. The van der Waals surface area contributed by atoms with Gasteiger partial charge >= 0.3 is 0 Å². The molecule has 0 saturated carbocycles. The molecule has 4 aromatic rings. The van der Waals surface area contributed by atoms with E-state index in [2.05, 4.69) is 26.0 Å². The second-order valence-corrected chi connectivity index (χ2v) is 8.77. The van der Waals surface area contributed by atoms with E-state index in [0.717, 1.165) is 16.5 Å². The number of fused-ring (bicyclic) bond motifs is 1. The number of amides is 2. The third-order valence-corrected chi connectivity index (χ3v) is 6.40. The highest BCUT2D eigenvalue weighted by Crippen LogP contribution is 2.22. The minimum atomic E-state index is -0.994. The summed E-state index contributed by atoms with van der Waals surface area (Å²) in [6.07, 6.45) is 6.62. The molecule has 1 aliphatic heterocycles. The van der Waals surface area contributed by atoms with Crippen LogP contribution in [0.4, 0.5) is 4.39 Å². The van der Waals surface area contributed by atoms with E-state index in [9.17, 15) is 14.0 Å². The third-order valence-electron chi connectivity index (χ3n) is 6.40. The van der Waals surface area contributed by atoms with Gasteiger partial charge in [-0.1, -0.05) is 0 Å². The smallest absolute Gasteiger partial charge is 0.245 e. The van der Waals surface area contributed by atoms with Crippen LogP contribution in [-0.2, 0) is 22.6 Å². The van der Waals surface area contributed by atoms with Gasteiger partial charge in [0, 0.05) is 29.8 Å². The summed E-state index contributed by atoms with van der Waals surface area (Å²) in [4.78, 5) is 29.3. The second-order valence-electron chi connectivity index (χ2n) is 8.77. The largest absolute Gasteiger partial charge is 0.463 e. The Balaban J connectivity index is 1.21. The van der Waals surface area contributed by atoms with Crippen LogP contribution in [0.2, 0.25) is 0 Å². The highest BCUT2D eigenvalue weighted by molar-refractivity contribution is 5.91. The predicted octanol–water partition coefficient (Wildman–Crippen LogP) is 2.36. The summed E-state index contributed by atoms with van der Waals surface area (Å²) in [5, 5.41) is 14.4. The number of furan rings is 1. The summed E-state index contributed by atoms with van der Waals surface area (Å²) in [5.41, 5.74) is 1.42. The van der Waals surface area contributed by atoms with Crippen molar-refractivity contribution in [3.63, 3.8) is 0 Å². The second kappa shape index (κ2) is 9.75. The van der Waals surface area contributed by atoms with Crippen LogP contribution >= 0.6 is 0 Å². The molecule has 0 unspecified atom stereocenters. The maximum Gasteiger partial charge on any atom is 0.245 e. The molecule has 1 saturated heterocycles. The van der Waals surface area contributed by atoms with Gasteiger partial charge in [0.2, 0.25) is 11.8 Å². The summed E-state index contributed by atoms with van der Waals surface area (Å²) in [5.74, 6) is -0.179. The first-order chi connectivity index (χ1) is 17.0. The molecule has 5 rings (SSSR count). The molecule has 0 spiro atoms. The van der Waals surface area contributed by atoms with Crippen molar-refractivity contribution in [2.75, 3.05) is 19.6 Å². The molecular weight excluding hydrogens is 451 g/mol. The molecule has 0 atom stereocenters. The lowest BCUT2D eigenvalue weighted by Crippen LogP contribution is -2.63. The predicted molar refractivity (Wildman–Crippen MR) is 128 cm³/mol. The number of nitrogens with zero attached hydrogens (tertiary/aromatic N) is 2. The zero-order chi connectivity index (χ0) is 24.3. The fraction of sp³-hybridized carbons (Fsp3) is 0.320. The molecule has 10 heteroatoms. The number of rotatable bonds is 8. The Bertz CT molecular complexity index is 1320. The third kappa shape index (κ3) is 4.97. The molecule has 0 aliphatic carbocycles. The zero-order valence-corrected chi connectivity index (χ0v) is 19.1. The van der Waals surface area contributed by atoms with Gasteiger partial charge in [-0.05, 0) is 74.3 Å². The summed E-state index contributed by atoms with van der Waals surface area (Å²) < 4.78 is 20.5. The maximum absolute atomic E-state index is 13.6. The van der Waals surface area contributed by atoms with Crippen molar-refractivity contribution in [2.45, 2.75) is 31.3 Å². The van der Waals surface area contributed by atoms with Gasteiger partial charge in [0.05, 0.1) is 6.26 Å². The number of nitrogens with one attached hydrogen (secondary N) is 4. The molecule has 1 aliphatic rings. The highest BCUT2D eigenvalue weighted by Gasteiger charge is 2.40. The van der Waals surface area contributed by atoms with Crippen LogP contribution in [0.15, 0.2) is 59.5 Å². The van der Waals surface area contributed by atoms with Crippen molar-refractivity contribution in [1.29, 1.82) is 0 Å². The van der Waals surface area contributed by atoms with Gasteiger partial charge in [0.25, 0.3) is 0 Å². The summed E-state index contributed by atoms with van der Waals surface area (Å²) in [6, 6.07) is 9.95. The quantitative estimate of drug-likeness (QED) is 0.310. The first-order valence-corrected chi connectivity index (χ1v) is 11.7. The van der Waals surface area contributed by atoms with Gasteiger partial charge in [-0.25, -0.2) is 4.39 Å². The van der Waals surface area contributed by atoms with Crippen molar-refractivity contribution in [1.82, 2.24) is 30.7 Å². The number of hydrogen-bond donors (Lipinski definition) is 4. The van der Waals surface area contributed by atoms with Gasteiger partial charge in [-0.2, -0.15) is 5.10 Å². The summed E-state index contributed by atoms with van der Waals surface area (Å²) in [6.45, 7) is 1.61. The Kier molecular flexibility index (Phi) is 6.37. The number of H-pyrrole nitrogens is 1. The molecule has 3 aromatic heterocycles. The molecule has 2 amide bonds. The number of carbonyl (C=O) groups excluding carboxylic acids is 2. The standard InChI is InChI=1S/C25H27FN6O3/c26-18-3-4-20-19(14-18)17(15-29-20)5-9-28-24(34)25(7-10-27-11-8-25)30-23(33)16-32-12-6-21(31-32)22-2-1-13-35-22/h1-4,6,12-15,27,29H,5,7-11,16H2,(H,28,34)(H,30,33). The molecule has 4 N–H and O–H groups in total. The van der Waals surface area contributed by atoms with Crippen LogP contribution in [0.3, 0.4) is 0 Å². The van der Waals surface area contributed by atoms with E-state index in [1.54, 1.807) is 36.7 Å². The molecule has 0 bridgehead atoms. The Morgan fingerprint density at radius 3 is 2.86 bits per heavy atom. The van der Waals surface area contributed by atoms with E-state index >= 15 is 0 Å². The highest BCUT2D eigenvalue weighted by atomic mass is 19.1. The lowest BCUT2D eigenvalue weighted by Gasteiger charge is -2.37. The number of aromatic nitrogens is 3. The average Bonchev–Trinajstić information content (AvgIpc) is 3.61. The van der Waals surface area contributed by atoms with Crippen molar-refractivity contribution in [3.8, 4) is 11.5 Å². The van der Waals surface area contributed by atoms with E-state index in [1.807, 2.05) is 6.20 Å². The molecule has 1 aromatic carbocycles. The van der Waals surface area contributed by atoms with E-state index in [-0.39, 0.29) is 24.2 Å².